The van der Waals surface area contributed by atoms with Gasteiger partial charge in [-0.05, 0) is 18.9 Å². The predicted molar refractivity (Wildman–Crippen MR) is 77.0 cm³/mol. The highest BCUT2D eigenvalue weighted by atomic mass is 79.9. The number of rotatable bonds is 5. The van der Waals surface area contributed by atoms with E-state index < -0.39 is 4.92 Å². The van der Waals surface area contributed by atoms with Crippen molar-refractivity contribution in [3.8, 4) is 0 Å². The summed E-state index contributed by atoms with van der Waals surface area (Å²) in [5.41, 5.74) is 0.901. The molecule has 1 aromatic rings. The van der Waals surface area contributed by atoms with Gasteiger partial charge in [0.2, 0.25) is 12.2 Å². The standard InChI is InChI=1S/C8H6N2O3.C4H6BrNO/c1-6-2-3-7(10(12)13)4-8(6)9-5-11;5-2-1-3-6-4-7/h2-4H,1H3;1-3H2. The zero-order chi connectivity index (χ0) is 15.4. The summed E-state index contributed by atoms with van der Waals surface area (Å²) in [4.78, 5) is 35.8. The highest BCUT2D eigenvalue weighted by molar-refractivity contribution is 9.09. The van der Waals surface area contributed by atoms with Crippen LogP contribution in [-0.4, -0.2) is 29.0 Å². The number of benzene rings is 1. The number of nitro benzene ring substituents is 1. The van der Waals surface area contributed by atoms with Gasteiger partial charge in [0.25, 0.3) is 5.69 Å². The van der Waals surface area contributed by atoms with Gasteiger partial charge in [0, 0.05) is 17.5 Å². The van der Waals surface area contributed by atoms with Gasteiger partial charge >= 0.3 is 0 Å². The highest BCUT2D eigenvalue weighted by Gasteiger charge is 2.07. The number of halogens is 1. The molecule has 0 radical (unpaired) electrons. The third-order valence-corrected chi connectivity index (χ3v) is 2.60. The van der Waals surface area contributed by atoms with E-state index in [1.54, 1.807) is 6.92 Å². The lowest BCUT2D eigenvalue weighted by Crippen LogP contribution is -1.87. The molecular weight excluding hydrogens is 330 g/mol. The van der Waals surface area contributed by atoms with Crippen LogP contribution in [0.4, 0.5) is 11.4 Å². The van der Waals surface area contributed by atoms with Crippen molar-refractivity contribution in [1.82, 2.24) is 0 Å². The number of nitro groups is 1. The Morgan fingerprint density at radius 2 is 2.05 bits per heavy atom. The lowest BCUT2D eigenvalue weighted by molar-refractivity contribution is -0.384. The summed E-state index contributed by atoms with van der Waals surface area (Å²) in [7, 11) is 0. The van der Waals surface area contributed by atoms with Crippen molar-refractivity contribution in [3.63, 3.8) is 0 Å². The smallest absolute Gasteiger partial charge is 0.258 e. The van der Waals surface area contributed by atoms with Gasteiger partial charge < -0.3 is 0 Å². The monoisotopic (exact) mass is 341 g/mol. The zero-order valence-corrected chi connectivity index (χ0v) is 12.3. The number of aryl methyl sites for hydroxylation is 1. The molecule has 0 aliphatic rings. The second kappa shape index (κ2) is 10.8. The lowest BCUT2D eigenvalue weighted by atomic mass is 10.2. The van der Waals surface area contributed by atoms with Crippen LogP contribution in [0.3, 0.4) is 0 Å². The number of carbonyl (C=O) groups excluding carboxylic acids is 2. The van der Waals surface area contributed by atoms with Crippen molar-refractivity contribution >= 4 is 39.5 Å². The molecule has 0 amide bonds. The molecule has 0 aliphatic heterocycles. The minimum absolute atomic E-state index is 0.0837. The molecule has 0 aliphatic carbocycles. The second-order valence-corrected chi connectivity index (χ2v) is 4.24. The van der Waals surface area contributed by atoms with Crippen LogP contribution in [0.25, 0.3) is 0 Å². The number of non-ortho nitro benzene ring substituents is 1. The Morgan fingerprint density at radius 1 is 1.35 bits per heavy atom. The van der Waals surface area contributed by atoms with Gasteiger partial charge in [-0.15, -0.1) is 0 Å². The molecule has 0 atom stereocenters. The number of aliphatic imine (C=N–C) groups is 2. The molecule has 1 aromatic carbocycles. The molecule has 1 rings (SSSR count). The van der Waals surface area contributed by atoms with Crippen molar-refractivity contribution in [2.45, 2.75) is 13.3 Å². The minimum atomic E-state index is -0.538. The SMILES string of the molecule is Cc1ccc([N+](=O)[O-])cc1N=C=O.O=C=NCCCBr. The summed E-state index contributed by atoms with van der Waals surface area (Å²) in [6.07, 6.45) is 3.71. The Labute approximate surface area is 123 Å². The Kier molecular flexibility index (Phi) is 9.60. The van der Waals surface area contributed by atoms with Crippen LogP contribution in [0.15, 0.2) is 28.2 Å². The predicted octanol–water partition coefficient (Wildman–Crippen LogP) is 2.98. The summed E-state index contributed by atoms with van der Waals surface area (Å²) in [5.74, 6) is 0. The van der Waals surface area contributed by atoms with E-state index in [1.165, 1.54) is 30.4 Å². The van der Waals surface area contributed by atoms with Crippen LogP contribution in [0.5, 0.6) is 0 Å². The van der Waals surface area contributed by atoms with Crippen molar-refractivity contribution in [2.75, 3.05) is 11.9 Å². The van der Waals surface area contributed by atoms with E-state index in [-0.39, 0.29) is 11.4 Å². The third kappa shape index (κ3) is 7.33. The number of alkyl halides is 1. The largest absolute Gasteiger partial charge is 0.271 e. The lowest BCUT2D eigenvalue weighted by Gasteiger charge is -1.96. The van der Waals surface area contributed by atoms with Gasteiger partial charge in [0.15, 0.2) is 0 Å². The summed E-state index contributed by atoms with van der Waals surface area (Å²) in [5, 5.41) is 11.2. The summed E-state index contributed by atoms with van der Waals surface area (Å²) in [6.45, 7) is 2.30. The van der Waals surface area contributed by atoms with E-state index in [0.717, 1.165) is 11.8 Å². The summed E-state index contributed by atoms with van der Waals surface area (Å²) in [6, 6.07) is 4.13. The average molecular weight is 342 g/mol. The van der Waals surface area contributed by atoms with E-state index in [9.17, 15) is 19.7 Å². The van der Waals surface area contributed by atoms with Crippen LogP contribution in [-0.2, 0) is 9.59 Å². The minimum Gasteiger partial charge on any atom is -0.258 e. The normalized spacial score (nSPS) is 8.50. The van der Waals surface area contributed by atoms with Crippen LogP contribution >= 0.6 is 15.9 Å². The molecular formula is C12H12BrN3O4. The molecule has 0 bridgehead atoms. The molecule has 0 aromatic heterocycles. The quantitative estimate of drug-likeness (QED) is 0.205. The first-order valence-corrected chi connectivity index (χ1v) is 6.61. The molecule has 0 unspecified atom stereocenters. The van der Waals surface area contributed by atoms with E-state index in [1.807, 2.05) is 0 Å². The van der Waals surface area contributed by atoms with Gasteiger partial charge in [-0.2, -0.15) is 4.99 Å². The van der Waals surface area contributed by atoms with Crippen molar-refractivity contribution < 1.29 is 14.5 Å². The summed E-state index contributed by atoms with van der Waals surface area (Å²) >= 11 is 3.19. The average Bonchev–Trinajstić information content (AvgIpc) is 2.42. The molecule has 0 saturated carbocycles. The fourth-order valence-corrected chi connectivity index (χ4v) is 1.32. The van der Waals surface area contributed by atoms with Gasteiger partial charge in [-0.3, -0.25) is 10.1 Å². The molecule has 0 fully saturated rings. The molecule has 0 heterocycles. The van der Waals surface area contributed by atoms with E-state index in [2.05, 4.69) is 25.9 Å². The zero-order valence-electron chi connectivity index (χ0n) is 10.7. The van der Waals surface area contributed by atoms with Gasteiger partial charge in [0.1, 0.15) is 0 Å². The van der Waals surface area contributed by atoms with Crippen molar-refractivity contribution in [2.24, 2.45) is 9.98 Å². The Bertz CT molecular complexity index is 550. The molecule has 8 heteroatoms. The first kappa shape index (κ1) is 17.9. The summed E-state index contributed by atoms with van der Waals surface area (Å²) < 4.78 is 0. The fourth-order valence-electron chi connectivity index (χ4n) is 1.07. The number of nitrogens with zero attached hydrogens (tertiary/aromatic N) is 3. The molecule has 7 nitrogen and oxygen atoms in total. The van der Waals surface area contributed by atoms with Gasteiger partial charge in [-0.1, -0.05) is 22.0 Å². The van der Waals surface area contributed by atoms with Crippen molar-refractivity contribution in [1.29, 1.82) is 0 Å². The maximum absolute atomic E-state index is 10.3. The van der Waals surface area contributed by atoms with E-state index in [4.69, 9.17) is 0 Å². The van der Waals surface area contributed by atoms with Crippen LogP contribution in [0.2, 0.25) is 0 Å². The Hall–Kier alpha value is -2.14. The topological polar surface area (TPSA) is 102 Å². The van der Waals surface area contributed by atoms with Crippen LogP contribution in [0.1, 0.15) is 12.0 Å². The van der Waals surface area contributed by atoms with Gasteiger partial charge in [-0.25, -0.2) is 14.6 Å². The van der Waals surface area contributed by atoms with E-state index in [0.29, 0.717) is 12.1 Å². The van der Waals surface area contributed by atoms with Gasteiger partial charge in [0.05, 0.1) is 17.2 Å². The van der Waals surface area contributed by atoms with Crippen LogP contribution < -0.4 is 0 Å². The molecule has 0 N–H and O–H groups in total. The maximum Gasteiger partial charge on any atom is 0.271 e. The first-order chi connectivity index (χ1) is 9.56. The number of isocyanates is 2. The molecule has 0 saturated heterocycles. The number of hydrogen-bond donors (Lipinski definition) is 0. The molecule has 0 spiro atoms. The van der Waals surface area contributed by atoms with Crippen LogP contribution in [0, 0.1) is 17.0 Å². The Morgan fingerprint density at radius 3 is 2.55 bits per heavy atom. The highest BCUT2D eigenvalue weighted by Crippen LogP contribution is 2.23. The number of hydrogen-bond acceptors (Lipinski definition) is 6. The molecule has 20 heavy (non-hydrogen) atoms. The van der Waals surface area contributed by atoms with E-state index >= 15 is 0 Å². The molecule has 106 valence electrons. The maximum atomic E-state index is 10.3. The third-order valence-electron chi connectivity index (χ3n) is 2.04. The van der Waals surface area contributed by atoms with Crippen molar-refractivity contribution in [3.05, 3.63) is 33.9 Å². The second-order valence-electron chi connectivity index (χ2n) is 3.45. The Balaban J connectivity index is 0.000000441. The first-order valence-electron chi connectivity index (χ1n) is 5.49. The fraction of sp³-hybridized carbons (Fsp3) is 0.333.